The molecule has 0 spiro atoms. The zero-order chi connectivity index (χ0) is 36.7. The minimum atomic E-state index is 0.630. The summed E-state index contributed by atoms with van der Waals surface area (Å²) in [4.78, 5) is 14.8. The van der Waals surface area contributed by atoms with E-state index in [2.05, 4.69) is 126 Å². The maximum absolute atomic E-state index is 6.42. The van der Waals surface area contributed by atoms with Gasteiger partial charge in [0.05, 0.1) is 16.6 Å². The number of hydrogen-bond acceptors (Lipinski definition) is 4. The molecular weight excluding hydrogens is 685 g/mol. The van der Waals surface area contributed by atoms with Gasteiger partial charge in [-0.15, -0.1) is 0 Å². The number of aromatic nitrogens is 4. The van der Waals surface area contributed by atoms with Gasteiger partial charge in [-0.1, -0.05) is 127 Å². The second-order valence-corrected chi connectivity index (χ2v) is 14.4. The van der Waals surface area contributed by atoms with Crippen molar-refractivity contribution in [1.29, 1.82) is 0 Å². The van der Waals surface area contributed by atoms with E-state index in [-0.39, 0.29) is 0 Å². The number of hydrogen-bond donors (Lipinski definition) is 0. The first-order chi connectivity index (χ1) is 27.7. The van der Waals surface area contributed by atoms with Crippen molar-refractivity contribution in [2.24, 2.45) is 0 Å². The second kappa shape index (κ2) is 11.9. The average Bonchev–Trinajstić information content (AvgIpc) is 3.93. The van der Waals surface area contributed by atoms with Crippen LogP contribution in [0.5, 0.6) is 0 Å². The molecule has 8 aromatic carbocycles. The third-order valence-corrected chi connectivity index (χ3v) is 11.2. The highest BCUT2D eigenvalue weighted by Crippen LogP contribution is 2.43. The lowest BCUT2D eigenvalue weighted by Gasteiger charge is -2.10. The SMILES string of the molecule is c1ccc(-c2nc(-c3ccccc3)nc(-c3cccc(-c4ccc5oc6ccc(-c7cc8c9ccccc9n9c%10ccccc%10c(c7)c89)cc6c5c4)c3)n2)cc1. The molecule has 12 aromatic rings. The number of nitrogens with zero attached hydrogens (tertiary/aromatic N) is 4. The topological polar surface area (TPSA) is 56.2 Å². The summed E-state index contributed by atoms with van der Waals surface area (Å²) >= 11 is 0. The van der Waals surface area contributed by atoms with Crippen molar-refractivity contribution in [3.63, 3.8) is 0 Å². The molecule has 56 heavy (non-hydrogen) atoms. The monoisotopic (exact) mass is 714 g/mol. The van der Waals surface area contributed by atoms with Gasteiger partial charge in [0.2, 0.25) is 0 Å². The first-order valence-corrected chi connectivity index (χ1v) is 18.8. The van der Waals surface area contributed by atoms with E-state index in [1.807, 2.05) is 60.7 Å². The summed E-state index contributed by atoms with van der Waals surface area (Å²) in [7, 11) is 0. The average molecular weight is 715 g/mol. The van der Waals surface area contributed by atoms with E-state index in [0.717, 1.165) is 55.3 Å². The van der Waals surface area contributed by atoms with Crippen LogP contribution in [0.2, 0.25) is 0 Å². The third kappa shape index (κ3) is 4.71. The van der Waals surface area contributed by atoms with Gasteiger partial charge in [0.15, 0.2) is 17.5 Å². The van der Waals surface area contributed by atoms with Crippen molar-refractivity contribution in [2.75, 3.05) is 0 Å². The Morgan fingerprint density at radius 1 is 0.304 bits per heavy atom. The second-order valence-electron chi connectivity index (χ2n) is 14.4. The zero-order valence-electron chi connectivity index (χ0n) is 30.0. The van der Waals surface area contributed by atoms with Crippen molar-refractivity contribution < 1.29 is 4.42 Å². The predicted molar refractivity (Wildman–Crippen MR) is 229 cm³/mol. The fourth-order valence-corrected chi connectivity index (χ4v) is 8.53. The van der Waals surface area contributed by atoms with E-state index in [9.17, 15) is 0 Å². The Balaban J connectivity index is 0.982. The summed E-state index contributed by atoms with van der Waals surface area (Å²) < 4.78 is 8.85. The van der Waals surface area contributed by atoms with Crippen LogP contribution in [-0.2, 0) is 0 Å². The van der Waals surface area contributed by atoms with E-state index in [4.69, 9.17) is 19.4 Å². The van der Waals surface area contributed by atoms with E-state index in [1.165, 1.54) is 43.7 Å². The lowest BCUT2D eigenvalue weighted by Crippen LogP contribution is -2.00. The fourth-order valence-electron chi connectivity index (χ4n) is 8.53. The Morgan fingerprint density at radius 3 is 1.30 bits per heavy atom. The van der Waals surface area contributed by atoms with Crippen LogP contribution in [0.3, 0.4) is 0 Å². The summed E-state index contributed by atoms with van der Waals surface area (Å²) in [6.07, 6.45) is 0. The molecule has 260 valence electrons. The summed E-state index contributed by atoms with van der Waals surface area (Å²) in [5.41, 5.74) is 12.8. The molecule has 0 N–H and O–H groups in total. The van der Waals surface area contributed by atoms with Gasteiger partial charge in [0.1, 0.15) is 11.2 Å². The minimum absolute atomic E-state index is 0.630. The van der Waals surface area contributed by atoms with Crippen molar-refractivity contribution in [1.82, 2.24) is 19.4 Å². The summed E-state index contributed by atoms with van der Waals surface area (Å²) in [5, 5.41) is 7.25. The van der Waals surface area contributed by atoms with Crippen LogP contribution < -0.4 is 0 Å². The maximum Gasteiger partial charge on any atom is 0.164 e. The Kier molecular flexibility index (Phi) is 6.56. The normalized spacial score (nSPS) is 11.9. The molecule has 0 aliphatic rings. The molecule has 0 radical (unpaired) electrons. The van der Waals surface area contributed by atoms with Crippen LogP contribution in [0.4, 0.5) is 0 Å². The van der Waals surface area contributed by atoms with E-state index in [0.29, 0.717) is 17.5 Å². The highest BCUT2D eigenvalue weighted by atomic mass is 16.3. The molecule has 0 aliphatic carbocycles. The summed E-state index contributed by atoms with van der Waals surface area (Å²) in [5.74, 6) is 1.92. The lowest BCUT2D eigenvalue weighted by molar-refractivity contribution is 0.669. The molecule has 4 aromatic heterocycles. The van der Waals surface area contributed by atoms with Crippen LogP contribution in [0.1, 0.15) is 0 Å². The summed E-state index contributed by atoms with van der Waals surface area (Å²) in [6, 6.07) is 63.8. The Labute approximate surface area is 321 Å². The van der Waals surface area contributed by atoms with Crippen molar-refractivity contribution in [3.05, 3.63) is 182 Å². The first-order valence-electron chi connectivity index (χ1n) is 18.8. The molecule has 0 saturated heterocycles. The molecule has 0 bridgehead atoms. The maximum atomic E-state index is 6.42. The molecular formula is C51H30N4O. The minimum Gasteiger partial charge on any atom is -0.456 e. The van der Waals surface area contributed by atoms with Gasteiger partial charge in [-0.05, 0) is 76.9 Å². The van der Waals surface area contributed by atoms with Crippen LogP contribution in [-0.4, -0.2) is 19.4 Å². The van der Waals surface area contributed by atoms with Gasteiger partial charge in [-0.3, -0.25) is 0 Å². The standard InChI is InChI=1S/C51H30N4O/c1-3-12-31(13-4-1)49-52-50(32-14-5-2-6-15-32)54-51(53-49)36-17-11-16-33(26-36)34-22-24-46-40(27-34)41-28-35(23-25-47(41)56-46)37-29-42-38-18-7-9-20-44(38)55-45-21-10-8-19-39(45)43(30-37)48(42)55/h1-30H. The smallest absolute Gasteiger partial charge is 0.164 e. The molecule has 0 fully saturated rings. The van der Waals surface area contributed by atoms with Gasteiger partial charge >= 0.3 is 0 Å². The van der Waals surface area contributed by atoms with Crippen LogP contribution in [0.15, 0.2) is 186 Å². The van der Waals surface area contributed by atoms with Crippen LogP contribution >= 0.6 is 0 Å². The molecule has 5 nitrogen and oxygen atoms in total. The number of para-hydroxylation sites is 2. The van der Waals surface area contributed by atoms with Crippen molar-refractivity contribution in [2.45, 2.75) is 0 Å². The highest BCUT2D eigenvalue weighted by molar-refractivity contribution is 6.24. The van der Waals surface area contributed by atoms with E-state index < -0.39 is 0 Å². The molecule has 0 aliphatic heterocycles. The number of benzene rings is 8. The lowest BCUT2D eigenvalue weighted by atomic mass is 9.97. The third-order valence-electron chi connectivity index (χ3n) is 11.2. The predicted octanol–water partition coefficient (Wildman–Crippen LogP) is 13.3. The fraction of sp³-hybridized carbons (Fsp3) is 0. The van der Waals surface area contributed by atoms with Gasteiger partial charge in [0, 0.05) is 49.0 Å². The molecule has 0 saturated carbocycles. The zero-order valence-corrected chi connectivity index (χ0v) is 30.0. The Bertz CT molecular complexity index is 3330. The largest absolute Gasteiger partial charge is 0.456 e. The van der Waals surface area contributed by atoms with Crippen LogP contribution in [0, 0.1) is 0 Å². The van der Waals surface area contributed by atoms with E-state index in [1.54, 1.807) is 0 Å². The van der Waals surface area contributed by atoms with Gasteiger partial charge in [0.25, 0.3) is 0 Å². The van der Waals surface area contributed by atoms with Gasteiger partial charge < -0.3 is 8.82 Å². The molecule has 0 unspecified atom stereocenters. The Morgan fingerprint density at radius 2 is 0.732 bits per heavy atom. The van der Waals surface area contributed by atoms with Crippen molar-refractivity contribution in [3.8, 4) is 56.4 Å². The summed E-state index contributed by atoms with van der Waals surface area (Å²) in [6.45, 7) is 0. The molecule has 12 rings (SSSR count). The van der Waals surface area contributed by atoms with Crippen LogP contribution in [0.25, 0.3) is 116 Å². The van der Waals surface area contributed by atoms with Gasteiger partial charge in [-0.2, -0.15) is 0 Å². The Hall–Kier alpha value is -7.63. The quantitative estimate of drug-likeness (QED) is 0.178. The number of rotatable bonds is 5. The van der Waals surface area contributed by atoms with E-state index >= 15 is 0 Å². The highest BCUT2D eigenvalue weighted by Gasteiger charge is 2.19. The molecule has 0 atom stereocenters. The molecule has 5 heteroatoms. The van der Waals surface area contributed by atoms with Crippen molar-refractivity contribution >= 4 is 60.0 Å². The number of fused-ring (bicyclic) bond motifs is 9. The van der Waals surface area contributed by atoms with Gasteiger partial charge in [-0.25, -0.2) is 15.0 Å². The first kappa shape index (κ1) is 30.8. The molecule has 4 heterocycles. The molecule has 0 amide bonds. The number of furan rings is 1.